The van der Waals surface area contributed by atoms with Crippen molar-refractivity contribution in [2.24, 2.45) is 5.92 Å². The summed E-state index contributed by atoms with van der Waals surface area (Å²) >= 11 is 0. The number of hydrogen-bond acceptors (Lipinski definition) is 3. The van der Waals surface area contributed by atoms with Gasteiger partial charge in [0.1, 0.15) is 0 Å². The molecule has 2 atom stereocenters. The van der Waals surface area contributed by atoms with Crippen LogP contribution in [-0.4, -0.2) is 36.0 Å². The number of likely N-dealkylation sites (tertiary alicyclic amines) is 1. The van der Waals surface area contributed by atoms with Gasteiger partial charge in [-0.2, -0.15) is 0 Å². The number of carbonyl (C=O) groups is 2. The number of urea groups is 1. The second kappa shape index (κ2) is 10.6. The second-order valence-corrected chi connectivity index (χ2v) is 9.07. The lowest BCUT2D eigenvalue weighted by Crippen LogP contribution is -2.48. The minimum absolute atomic E-state index is 0.104. The van der Waals surface area contributed by atoms with Gasteiger partial charge in [0, 0.05) is 30.7 Å². The van der Waals surface area contributed by atoms with Gasteiger partial charge in [0.05, 0.1) is 6.04 Å². The fourth-order valence-electron chi connectivity index (χ4n) is 4.30. The number of hydrogen-bond donors (Lipinski definition) is 3. The lowest BCUT2D eigenvalue weighted by Gasteiger charge is -2.36. The molecule has 2 fully saturated rings. The SMILES string of the molecule is CC(NC(=O)NCC1CCCCN1Cc1ccccc1)c1ccc(NC(=O)C2CC2)cc1. The fourth-order valence-corrected chi connectivity index (χ4v) is 4.30. The molecule has 0 spiro atoms. The molecule has 0 bridgehead atoms. The molecular weight excluding hydrogens is 400 g/mol. The van der Waals surface area contributed by atoms with Crippen molar-refractivity contribution in [3.05, 3.63) is 65.7 Å². The van der Waals surface area contributed by atoms with Gasteiger partial charge in [0.2, 0.25) is 5.91 Å². The first kappa shape index (κ1) is 22.3. The maximum Gasteiger partial charge on any atom is 0.315 e. The molecule has 6 heteroatoms. The van der Waals surface area contributed by atoms with E-state index in [-0.39, 0.29) is 23.9 Å². The van der Waals surface area contributed by atoms with Crippen molar-refractivity contribution in [3.63, 3.8) is 0 Å². The summed E-state index contributed by atoms with van der Waals surface area (Å²) in [6.07, 6.45) is 5.51. The number of anilines is 1. The monoisotopic (exact) mass is 434 g/mol. The van der Waals surface area contributed by atoms with Crippen LogP contribution in [0.3, 0.4) is 0 Å². The molecule has 1 heterocycles. The molecule has 3 N–H and O–H groups in total. The van der Waals surface area contributed by atoms with Gasteiger partial charge in [-0.15, -0.1) is 0 Å². The van der Waals surface area contributed by atoms with Gasteiger partial charge in [0.25, 0.3) is 0 Å². The van der Waals surface area contributed by atoms with Gasteiger partial charge in [-0.05, 0) is 62.4 Å². The average Bonchev–Trinajstić information content (AvgIpc) is 3.65. The molecule has 2 unspecified atom stereocenters. The van der Waals surface area contributed by atoms with E-state index in [1.165, 1.54) is 18.4 Å². The summed E-state index contributed by atoms with van der Waals surface area (Å²) in [5.41, 5.74) is 3.13. The molecule has 1 saturated carbocycles. The summed E-state index contributed by atoms with van der Waals surface area (Å²) in [4.78, 5) is 26.9. The maximum absolute atomic E-state index is 12.5. The van der Waals surface area contributed by atoms with E-state index in [0.717, 1.165) is 43.6 Å². The van der Waals surface area contributed by atoms with Gasteiger partial charge in [-0.3, -0.25) is 9.69 Å². The Hall–Kier alpha value is -2.86. The zero-order chi connectivity index (χ0) is 22.3. The van der Waals surface area contributed by atoms with Crippen LogP contribution in [0.2, 0.25) is 0 Å². The molecule has 3 amide bonds. The zero-order valence-corrected chi connectivity index (χ0v) is 18.8. The van der Waals surface area contributed by atoms with E-state index in [0.29, 0.717) is 12.6 Å². The number of carbonyl (C=O) groups excluding carboxylic acids is 2. The molecule has 0 radical (unpaired) electrons. The third-order valence-electron chi connectivity index (χ3n) is 6.45. The van der Waals surface area contributed by atoms with Crippen LogP contribution < -0.4 is 16.0 Å². The molecule has 6 nitrogen and oxygen atoms in total. The van der Waals surface area contributed by atoms with Crippen molar-refractivity contribution in [2.45, 2.75) is 57.7 Å². The van der Waals surface area contributed by atoms with Gasteiger partial charge < -0.3 is 16.0 Å². The fraction of sp³-hybridized carbons (Fsp3) is 0.462. The molecule has 170 valence electrons. The second-order valence-electron chi connectivity index (χ2n) is 9.07. The molecular formula is C26H34N4O2. The molecule has 1 saturated heterocycles. The molecule has 1 aliphatic heterocycles. The van der Waals surface area contributed by atoms with Crippen LogP contribution in [0.4, 0.5) is 10.5 Å². The molecule has 2 aromatic rings. The molecule has 32 heavy (non-hydrogen) atoms. The summed E-state index contributed by atoms with van der Waals surface area (Å²) in [7, 11) is 0. The molecule has 1 aliphatic carbocycles. The Balaban J connectivity index is 1.24. The highest BCUT2D eigenvalue weighted by Gasteiger charge is 2.29. The van der Waals surface area contributed by atoms with Gasteiger partial charge >= 0.3 is 6.03 Å². The van der Waals surface area contributed by atoms with Crippen LogP contribution in [0.5, 0.6) is 0 Å². The lowest BCUT2D eigenvalue weighted by molar-refractivity contribution is -0.117. The predicted molar refractivity (Wildman–Crippen MR) is 127 cm³/mol. The van der Waals surface area contributed by atoms with Crippen molar-refractivity contribution >= 4 is 17.6 Å². The van der Waals surface area contributed by atoms with Crippen molar-refractivity contribution in [2.75, 3.05) is 18.4 Å². The number of amides is 3. The Kier molecular flexibility index (Phi) is 7.43. The number of nitrogens with one attached hydrogen (secondary N) is 3. The van der Waals surface area contributed by atoms with Crippen LogP contribution in [-0.2, 0) is 11.3 Å². The first-order valence-electron chi connectivity index (χ1n) is 11.8. The Bertz CT molecular complexity index is 896. The Labute approximate surface area is 190 Å². The zero-order valence-electron chi connectivity index (χ0n) is 18.8. The minimum Gasteiger partial charge on any atom is -0.337 e. The van der Waals surface area contributed by atoms with Crippen LogP contribution >= 0.6 is 0 Å². The standard InChI is InChI=1S/C26H34N4O2/c1-19(21-12-14-23(15-13-21)29-25(31)22-10-11-22)28-26(32)27-17-24-9-5-6-16-30(24)18-20-7-3-2-4-8-20/h2-4,7-8,12-15,19,22,24H,5-6,9-11,16-18H2,1H3,(H,29,31)(H2,27,28,32). The van der Waals surface area contributed by atoms with E-state index in [4.69, 9.17) is 0 Å². The van der Waals surface area contributed by atoms with Gasteiger partial charge in [0.15, 0.2) is 0 Å². The number of benzene rings is 2. The van der Waals surface area contributed by atoms with Crippen molar-refractivity contribution in [3.8, 4) is 0 Å². The number of nitrogens with zero attached hydrogens (tertiary/aromatic N) is 1. The van der Waals surface area contributed by atoms with Crippen LogP contribution in [0.25, 0.3) is 0 Å². The van der Waals surface area contributed by atoms with Crippen molar-refractivity contribution < 1.29 is 9.59 Å². The normalized spacial score (nSPS) is 19.7. The maximum atomic E-state index is 12.5. The lowest BCUT2D eigenvalue weighted by atomic mass is 10.0. The highest BCUT2D eigenvalue weighted by Crippen LogP contribution is 2.30. The highest BCUT2D eigenvalue weighted by atomic mass is 16.2. The smallest absolute Gasteiger partial charge is 0.315 e. The number of piperidine rings is 1. The van der Waals surface area contributed by atoms with Gasteiger partial charge in [-0.25, -0.2) is 4.79 Å². The van der Waals surface area contributed by atoms with Crippen molar-refractivity contribution in [1.29, 1.82) is 0 Å². The molecule has 0 aromatic heterocycles. The van der Waals surface area contributed by atoms with E-state index in [9.17, 15) is 9.59 Å². The summed E-state index contributed by atoms with van der Waals surface area (Å²) in [5, 5.41) is 9.06. The third-order valence-corrected chi connectivity index (χ3v) is 6.45. The van der Waals surface area contributed by atoms with Crippen molar-refractivity contribution in [1.82, 2.24) is 15.5 Å². The Morgan fingerprint density at radius 1 is 1.00 bits per heavy atom. The summed E-state index contributed by atoms with van der Waals surface area (Å²) in [6.45, 7) is 4.62. The van der Waals surface area contributed by atoms with E-state index >= 15 is 0 Å². The predicted octanol–water partition coefficient (Wildman–Crippen LogP) is 4.45. The summed E-state index contributed by atoms with van der Waals surface area (Å²) in [5.74, 6) is 0.291. The molecule has 2 aromatic carbocycles. The van der Waals surface area contributed by atoms with Crippen LogP contribution in [0, 0.1) is 5.92 Å². The van der Waals surface area contributed by atoms with E-state index in [1.54, 1.807) is 0 Å². The first-order chi connectivity index (χ1) is 15.6. The Morgan fingerprint density at radius 2 is 1.75 bits per heavy atom. The van der Waals surface area contributed by atoms with E-state index in [1.807, 2.05) is 37.3 Å². The largest absolute Gasteiger partial charge is 0.337 e. The highest BCUT2D eigenvalue weighted by molar-refractivity contribution is 5.94. The summed E-state index contributed by atoms with van der Waals surface area (Å²) < 4.78 is 0. The third kappa shape index (κ3) is 6.33. The van der Waals surface area contributed by atoms with E-state index < -0.39 is 0 Å². The average molecular weight is 435 g/mol. The molecule has 2 aliphatic rings. The minimum atomic E-state index is -0.145. The van der Waals surface area contributed by atoms with Crippen LogP contribution in [0.15, 0.2) is 54.6 Å². The van der Waals surface area contributed by atoms with Gasteiger partial charge in [-0.1, -0.05) is 48.9 Å². The topological polar surface area (TPSA) is 73.5 Å². The van der Waals surface area contributed by atoms with Crippen LogP contribution in [0.1, 0.15) is 56.2 Å². The quantitative estimate of drug-likeness (QED) is 0.575. The summed E-state index contributed by atoms with van der Waals surface area (Å²) in [6, 6.07) is 18.3. The number of rotatable bonds is 8. The molecule has 4 rings (SSSR count). The Morgan fingerprint density at radius 3 is 2.47 bits per heavy atom. The first-order valence-corrected chi connectivity index (χ1v) is 11.8. The van der Waals surface area contributed by atoms with E-state index in [2.05, 4.69) is 45.1 Å².